The van der Waals surface area contributed by atoms with E-state index in [2.05, 4.69) is 18.7 Å². The average molecular weight is 239 g/mol. The zero-order valence-corrected chi connectivity index (χ0v) is 11.2. The van der Waals surface area contributed by atoms with Crippen LogP contribution in [0.3, 0.4) is 0 Å². The van der Waals surface area contributed by atoms with E-state index in [9.17, 15) is 4.79 Å². The molecule has 1 amide bonds. The lowest BCUT2D eigenvalue weighted by Crippen LogP contribution is -2.50. The maximum Gasteiger partial charge on any atom is 0.225 e. The smallest absolute Gasteiger partial charge is 0.225 e. The van der Waals surface area contributed by atoms with E-state index < -0.39 is 0 Å². The van der Waals surface area contributed by atoms with Crippen LogP contribution in [-0.4, -0.2) is 36.1 Å². The Kier molecular flexibility index (Phi) is 4.43. The second kappa shape index (κ2) is 5.85. The molecule has 2 saturated heterocycles. The number of piperidine rings is 1. The molecule has 0 aromatic carbocycles. The molecule has 0 aliphatic carbocycles. The van der Waals surface area contributed by atoms with Crippen molar-refractivity contribution >= 4 is 5.91 Å². The molecule has 0 N–H and O–H groups in total. The molecule has 0 spiro atoms. The Morgan fingerprint density at radius 3 is 3.06 bits per heavy atom. The SMILES string of the molecule is CCCCC(C)C(=O)N1CCC[C@H]2OCC[C@H]21. The Bertz CT molecular complexity index is 267. The summed E-state index contributed by atoms with van der Waals surface area (Å²) in [5.74, 6) is 0.549. The van der Waals surface area contributed by atoms with Gasteiger partial charge in [-0.25, -0.2) is 0 Å². The van der Waals surface area contributed by atoms with Crippen LogP contribution in [0.5, 0.6) is 0 Å². The molecule has 17 heavy (non-hydrogen) atoms. The third-order valence-corrected chi connectivity index (χ3v) is 4.16. The number of carbonyl (C=O) groups excluding carboxylic acids is 1. The second-order valence-corrected chi connectivity index (χ2v) is 5.48. The normalized spacial score (nSPS) is 30.1. The van der Waals surface area contributed by atoms with E-state index in [1.165, 1.54) is 6.42 Å². The van der Waals surface area contributed by atoms with Gasteiger partial charge in [-0.3, -0.25) is 4.79 Å². The van der Waals surface area contributed by atoms with Crippen molar-refractivity contribution in [3.63, 3.8) is 0 Å². The fraction of sp³-hybridized carbons (Fsp3) is 0.929. The predicted octanol–water partition coefficient (Wildman–Crippen LogP) is 2.59. The van der Waals surface area contributed by atoms with Gasteiger partial charge >= 0.3 is 0 Å². The number of hydrogen-bond donors (Lipinski definition) is 0. The van der Waals surface area contributed by atoms with Gasteiger partial charge in [0.25, 0.3) is 0 Å². The van der Waals surface area contributed by atoms with Crippen molar-refractivity contribution in [2.75, 3.05) is 13.2 Å². The molecule has 2 rings (SSSR count). The molecule has 0 aromatic heterocycles. The minimum atomic E-state index is 0.189. The van der Waals surface area contributed by atoms with E-state index in [1.807, 2.05) is 0 Å². The van der Waals surface area contributed by atoms with Crippen molar-refractivity contribution in [2.45, 2.75) is 64.5 Å². The quantitative estimate of drug-likeness (QED) is 0.754. The summed E-state index contributed by atoms with van der Waals surface area (Å²) in [4.78, 5) is 14.5. The molecule has 0 saturated carbocycles. The Morgan fingerprint density at radius 1 is 1.47 bits per heavy atom. The van der Waals surface area contributed by atoms with Crippen molar-refractivity contribution in [2.24, 2.45) is 5.92 Å². The molecule has 2 aliphatic heterocycles. The fourth-order valence-corrected chi connectivity index (χ4v) is 3.09. The van der Waals surface area contributed by atoms with Gasteiger partial charge in [-0.15, -0.1) is 0 Å². The zero-order chi connectivity index (χ0) is 12.3. The molecule has 0 bridgehead atoms. The van der Waals surface area contributed by atoms with Gasteiger partial charge in [0.2, 0.25) is 5.91 Å². The van der Waals surface area contributed by atoms with Crippen LogP contribution < -0.4 is 0 Å². The number of unbranched alkanes of at least 4 members (excludes halogenated alkanes) is 1. The lowest BCUT2D eigenvalue weighted by molar-refractivity contribution is -0.140. The minimum absolute atomic E-state index is 0.189. The maximum absolute atomic E-state index is 12.4. The highest BCUT2D eigenvalue weighted by Crippen LogP contribution is 2.29. The van der Waals surface area contributed by atoms with Gasteiger partial charge in [-0.1, -0.05) is 26.7 Å². The topological polar surface area (TPSA) is 29.5 Å². The van der Waals surface area contributed by atoms with E-state index in [4.69, 9.17) is 4.74 Å². The minimum Gasteiger partial charge on any atom is -0.376 e. The standard InChI is InChI=1S/C14H25NO2/c1-3-4-6-11(2)14(16)15-9-5-7-13-12(15)8-10-17-13/h11-13H,3-10H2,1-2H3/t11?,12-,13-/m1/s1. The molecule has 98 valence electrons. The first-order valence-electron chi connectivity index (χ1n) is 7.16. The molecule has 2 aliphatic rings. The van der Waals surface area contributed by atoms with Crippen LogP contribution in [0.1, 0.15) is 52.4 Å². The molecule has 2 heterocycles. The molecule has 1 unspecified atom stereocenters. The highest BCUT2D eigenvalue weighted by atomic mass is 16.5. The monoisotopic (exact) mass is 239 g/mol. The van der Waals surface area contributed by atoms with Gasteiger partial charge in [0.05, 0.1) is 12.1 Å². The molecule has 3 nitrogen and oxygen atoms in total. The number of ether oxygens (including phenoxy) is 1. The molecule has 0 radical (unpaired) electrons. The van der Waals surface area contributed by atoms with Gasteiger partial charge < -0.3 is 9.64 Å². The summed E-state index contributed by atoms with van der Waals surface area (Å²) in [6, 6.07) is 0.375. The summed E-state index contributed by atoms with van der Waals surface area (Å²) >= 11 is 0. The Morgan fingerprint density at radius 2 is 2.29 bits per heavy atom. The van der Waals surface area contributed by atoms with Crippen LogP contribution in [-0.2, 0) is 9.53 Å². The third kappa shape index (κ3) is 2.82. The number of amides is 1. The first-order chi connectivity index (χ1) is 8.24. The van der Waals surface area contributed by atoms with Crippen molar-refractivity contribution in [3.05, 3.63) is 0 Å². The van der Waals surface area contributed by atoms with E-state index in [-0.39, 0.29) is 5.92 Å². The Hall–Kier alpha value is -0.570. The van der Waals surface area contributed by atoms with E-state index in [0.29, 0.717) is 18.1 Å². The second-order valence-electron chi connectivity index (χ2n) is 5.48. The van der Waals surface area contributed by atoms with E-state index in [0.717, 1.165) is 45.3 Å². The van der Waals surface area contributed by atoms with Gasteiger partial charge in [-0.2, -0.15) is 0 Å². The van der Waals surface area contributed by atoms with Gasteiger partial charge in [0, 0.05) is 19.1 Å². The average Bonchev–Trinajstić information content (AvgIpc) is 2.82. The zero-order valence-electron chi connectivity index (χ0n) is 11.2. The van der Waals surface area contributed by atoms with E-state index in [1.54, 1.807) is 0 Å². The number of fused-ring (bicyclic) bond motifs is 1. The van der Waals surface area contributed by atoms with Gasteiger partial charge in [0.1, 0.15) is 0 Å². The highest BCUT2D eigenvalue weighted by Gasteiger charge is 2.39. The molecule has 2 fully saturated rings. The summed E-state index contributed by atoms with van der Waals surface area (Å²) < 4.78 is 5.70. The predicted molar refractivity (Wildman–Crippen MR) is 67.8 cm³/mol. The van der Waals surface area contributed by atoms with Crippen LogP contribution in [0.15, 0.2) is 0 Å². The lowest BCUT2D eigenvalue weighted by atomic mass is 9.95. The molecule has 0 aromatic rings. The fourth-order valence-electron chi connectivity index (χ4n) is 3.09. The largest absolute Gasteiger partial charge is 0.376 e. The van der Waals surface area contributed by atoms with Crippen LogP contribution in [0.2, 0.25) is 0 Å². The van der Waals surface area contributed by atoms with Crippen molar-refractivity contribution in [1.82, 2.24) is 4.90 Å². The van der Waals surface area contributed by atoms with Crippen LogP contribution in [0.4, 0.5) is 0 Å². The number of hydrogen-bond acceptors (Lipinski definition) is 2. The number of rotatable bonds is 4. The summed E-state index contributed by atoms with van der Waals surface area (Å²) in [7, 11) is 0. The maximum atomic E-state index is 12.4. The molecular weight excluding hydrogens is 214 g/mol. The number of carbonyl (C=O) groups is 1. The Labute approximate surface area is 105 Å². The van der Waals surface area contributed by atoms with Crippen LogP contribution in [0.25, 0.3) is 0 Å². The van der Waals surface area contributed by atoms with Crippen molar-refractivity contribution < 1.29 is 9.53 Å². The van der Waals surface area contributed by atoms with Crippen LogP contribution in [0, 0.1) is 5.92 Å². The third-order valence-electron chi connectivity index (χ3n) is 4.16. The first kappa shape index (κ1) is 12.9. The summed E-state index contributed by atoms with van der Waals surface area (Å²) in [5, 5.41) is 0. The first-order valence-corrected chi connectivity index (χ1v) is 7.16. The Balaban J connectivity index is 1.93. The lowest BCUT2D eigenvalue weighted by Gasteiger charge is -2.38. The van der Waals surface area contributed by atoms with Crippen molar-refractivity contribution in [3.8, 4) is 0 Å². The van der Waals surface area contributed by atoms with Crippen molar-refractivity contribution in [1.29, 1.82) is 0 Å². The molecular formula is C14H25NO2. The number of likely N-dealkylation sites (tertiary alicyclic amines) is 1. The van der Waals surface area contributed by atoms with Gasteiger partial charge in [-0.05, 0) is 25.7 Å². The van der Waals surface area contributed by atoms with E-state index >= 15 is 0 Å². The van der Waals surface area contributed by atoms with Crippen LogP contribution >= 0.6 is 0 Å². The number of nitrogens with zero attached hydrogens (tertiary/aromatic N) is 1. The highest BCUT2D eigenvalue weighted by molar-refractivity contribution is 5.79. The summed E-state index contributed by atoms with van der Waals surface area (Å²) in [6.07, 6.45) is 6.97. The summed E-state index contributed by atoms with van der Waals surface area (Å²) in [6.45, 7) is 6.04. The summed E-state index contributed by atoms with van der Waals surface area (Å²) in [5.41, 5.74) is 0. The molecule has 3 atom stereocenters. The van der Waals surface area contributed by atoms with Gasteiger partial charge in [0.15, 0.2) is 0 Å². The molecule has 3 heteroatoms.